The molecule has 1 heterocycles. The smallest absolute Gasteiger partial charge is 0.310 e. The van der Waals surface area contributed by atoms with E-state index in [0.29, 0.717) is 0 Å². The van der Waals surface area contributed by atoms with Crippen molar-refractivity contribution in [2.75, 3.05) is 0 Å². The number of carboxylic acid groups (broad SMARTS) is 1. The van der Waals surface area contributed by atoms with E-state index in [1.807, 2.05) is 24.7 Å². The summed E-state index contributed by atoms with van der Waals surface area (Å²) >= 11 is 0. The van der Waals surface area contributed by atoms with E-state index in [4.69, 9.17) is 5.11 Å². The third-order valence-corrected chi connectivity index (χ3v) is 3.30. The minimum absolute atomic E-state index is 0.472. The number of aromatic nitrogens is 1. The highest BCUT2D eigenvalue weighted by Gasteiger charge is 2.20. The molecular weight excluding hydrogens is 214 g/mol. The van der Waals surface area contributed by atoms with E-state index in [0.717, 1.165) is 22.0 Å². The van der Waals surface area contributed by atoms with Crippen molar-refractivity contribution in [3.8, 4) is 0 Å². The van der Waals surface area contributed by atoms with Gasteiger partial charge in [-0.25, -0.2) is 0 Å². The van der Waals surface area contributed by atoms with Gasteiger partial charge in [0.1, 0.15) is 0 Å². The van der Waals surface area contributed by atoms with Gasteiger partial charge in [-0.3, -0.25) is 4.79 Å². The standard InChI is InChI=1S/C14H17NO2/c1-8-5-9(2)13-11(10(3)14(16)17)7-15(4)12(13)6-8/h5-7,10H,1-4H3,(H,16,17). The van der Waals surface area contributed by atoms with Crippen molar-refractivity contribution in [3.63, 3.8) is 0 Å². The molecule has 1 aromatic heterocycles. The first-order valence-electron chi connectivity index (χ1n) is 5.70. The number of benzene rings is 1. The van der Waals surface area contributed by atoms with E-state index in [-0.39, 0.29) is 0 Å². The van der Waals surface area contributed by atoms with Gasteiger partial charge in [-0.15, -0.1) is 0 Å². The number of nitrogens with zero attached hydrogens (tertiary/aromatic N) is 1. The molecule has 1 atom stereocenters. The van der Waals surface area contributed by atoms with E-state index in [1.165, 1.54) is 5.56 Å². The fourth-order valence-corrected chi connectivity index (χ4v) is 2.40. The Bertz CT molecular complexity index is 596. The molecule has 0 aliphatic carbocycles. The molecule has 0 spiro atoms. The molecule has 0 amide bonds. The van der Waals surface area contributed by atoms with Gasteiger partial charge in [0, 0.05) is 24.1 Å². The minimum atomic E-state index is -0.780. The Morgan fingerprint density at radius 1 is 1.35 bits per heavy atom. The molecule has 17 heavy (non-hydrogen) atoms. The highest BCUT2D eigenvalue weighted by molar-refractivity contribution is 5.92. The molecule has 2 aromatic rings. The Hall–Kier alpha value is -1.77. The van der Waals surface area contributed by atoms with Crippen LogP contribution in [0.15, 0.2) is 18.3 Å². The summed E-state index contributed by atoms with van der Waals surface area (Å²) in [5, 5.41) is 10.2. The highest BCUT2D eigenvalue weighted by atomic mass is 16.4. The summed E-state index contributed by atoms with van der Waals surface area (Å²) in [6, 6.07) is 4.20. The zero-order valence-electron chi connectivity index (χ0n) is 10.6. The second-order valence-electron chi connectivity index (χ2n) is 4.73. The molecule has 2 rings (SSSR count). The maximum atomic E-state index is 11.1. The van der Waals surface area contributed by atoms with Gasteiger partial charge in [0.2, 0.25) is 0 Å². The van der Waals surface area contributed by atoms with Gasteiger partial charge in [0.15, 0.2) is 0 Å². The average Bonchev–Trinajstić information content (AvgIpc) is 2.55. The number of carboxylic acids is 1. The van der Waals surface area contributed by atoms with E-state index in [1.54, 1.807) is 6.92 Å². The second kappa shape index (κ2) is 3.91. The van der Waals surface area contributed by atoms with Crippen molar-refractivity contribution in [2.45, 2.75) is 26.7 Å². The first-order chi connectivity index (χ1) is 7.91. The normalized spacial score (nSPS) is 12.9. The lowest BCUT2D eigenvalue weighted by Crippen LogP contribution is -2.07. The Morgan fingerprint density at radius 2 is 2.00 bits per heavy atom. The Kier molecular flexibility index (Phi) is 2.69. The quantitative estimate of drug-likeness (QED) is 0.863. The van der Waals surface area contributed by atoms with Crippen LogP contribution in [0.25, 0.3) is 10.9 Å². The summed E-state index contributed by atoms with van der Waals surface area (Å²) in [6.07, 6.45) is 1.93. The topological polar surface area (TPSA) is 42.2 Å². The molecule has 0 saturated carbocycles. The van der Waals surface area contributed by atoms with E-state index in [9.17, 15) is 4.79 Å². The molecule has 0 bridgehead atoms. The zero-order valence-corrected chi connectivity index (χ0v) is 10.6. The minimum Gasteiger partial charge on any atom is -0.481 e. The Balaban J connectivity index is 2.78. The third kappa shape index (κ3) is 1.82. The number of hydrogen-bond acceptors (Lipinski definition) is 1. The first-order valence-corrected chi connectivity index (χ1v) is 5.70. The van der Waals surface area contributed by atoms with Gasteiger partial charge in [-0.1, -0.05) is 6.07 Å². The molecule has 90 valence electrons. The lowest BCUT2D eigenvalue weighted by Gasteiger charge is -2.07. The summed E-state index contributed by atoms with van der Waals surface area (Å²) in [5.41, 5.74) is 4.34. The van der Waals surface area contributed by atoms with Gasteiger partial charge in [0.25, 0.3) is 0 Å². The number of carbonyl (C=O) groups is 1. The number of hydrogen-bond donors (Lipinski definition) is 1. The van der Waals surface area contributed by atoms with Crippen LogP contribution < -0.4 is 0 Å². The molecule has 0 aliphatic rings. The molecule has 1 aromatic carbocycles. The molecule has 0 saturated heterocycles. The van der Waals surface area contributed by atoms with Crippen molar-refractivity contribution in [1.29, 1.82) is 0 Å². The maximum Gasteiger partial charge on any atom is 0.310 e. The SMILES string of the molecule is Cc1cc(C)c2c(C(C)C(=O)O)cn(C)c2c1. The van der Waals surface area contributed by atoms with Crippen LogP contribution >= 0.6 is 0 Å². The first kappa shape index (κ1) is 11.7. The molecule has 3 heteroatoms. The lowest BCUT2D eigenvalue weighted by atomic mass is 9.97. The average molecular weight is 231 g/mol. The summed E-state index contributed by atoms with van der Waals surface area (Å²) < 4.78 is 2.00. The molecule has 1 unspecified atom stereocenters. The van der Waals surface area contributed by atoms with Crippen LogP contribution in [0.1, 0.15) is 29.5 Å². The third-order valence-electron chi connectivity index (χ3n) is 3.30. The molecule has 3 nitrogen and oxygen atoms in total. The monoisotopic (exact) mass is 231 g/mol. The van der Waals surface area contributed by atoms with Crippen LogP contribution in [-0.2, 0) is 11.8 Å². The molecule has 0 radical (unpaired) electrons. The number of aliphatic carboxylic acids is 1. The molecule has 0 fully saturated rings. The van der Waals surface area contributed by atoms with Crippen LogP contribution in [0, 0.1) is 13.8 Å². The van der Waals surface area contributed by atoms with Crippen molar-refractivity contribution < 1.29 is 9.90 Å². The number of fused-ring (bicyclic) bond motifs is 1. The van der Waals surface area contributed by atoms with E-state index in [2.05, 4.69) is 19.1 Å². The van der Waals surface area contributed by atoms with Gasteiger partial charge in [-0.05, 0) is 43.5 Å². The summed E-state index contributed by atoms with van der Waals surface area (Å²) in [5.74, 6) is -1.25. The molecule has 0 aliphatic heterocycles. The van der Waals surface area contributed by atoms with Crippen LogP contribution in [-0.4, -0.2) is 15.6 Å². The molecular formula is C14H17NO2. The van der Waals surface area contributed by atoms with E-state index >= 15 is 0 Å². The van der Waals surface area contributed by atoms with Gasteiger partial charge in [-0.2, -0.15) is 0 Å². The van der Waals surface area contributed by atoms with Crippen molar-refractivity contribution in [3.05, 3.63) is 35.0 Å². The van der Waals surface area contributed by atoms with Crippen molar-refractivity contribution in [2.24, 2.45) is 7.05 Å². The largest absolute Gasteiger partial charge is 0.481 e. The second-order valence-corrected chi connectivity index (χ2v) is 4.73. The van der Waals surface area contributed by atoms with Crippen LogP contribution in [0.4, 0.5) is 0 Å². The zero-order chi connectivity index (χ0) is 12.7. The van der Waals surface area contributed by atoms with Crippen LogP contribution in [0.2, 0.25) is 0 Å². The van der Waals surface area contributed by atoms with Crippen LogP contribution in [0.3, 0.4) is 0 Å². The van der Waals surface area contributed by atoms with Gasteiger partial charge in [0.05, 0.1) is 5.92 Å². The fourth-order valence-electron chi connectivity index (χ4n) is 2.40. The van der Waals surface area contributed by atoms with Gasteiger partial charge < -0.3 is 9.67 Å². The maximum absolute atomic E-state index is 11.1. The number of rotatable bonds is 2. The Labute approximate surface area is 101 Å². The summed E-state index contributed by atoms with van der Waals surface area (Å²) in [6.45, 7) is 5.82. The predicted octanol–water partition coefficient (Wildman–Crippen LogP) is 2.98. The van der Waals surface area contributed by atoms with E-state index < -0.39 is 11.9 Å². The fraction of sp³-hybridized carbons (Fsp3) is 0.357. The van der Waals surface area contributed by atoms with Crippen molar-refractivity contribution in [1.82, 2.24) is 4.57 Å². The Morgan fingerprint density at radius 3 is 2.59 bits per heavy atom. The van der Waals surface area contributed by atoms with Crippen molar-refractivity contribution >= 4 is 16.9 Å². The van der Waals surface area contributed by atoms with Gasteiger partial charge >= 0.3 is 5.97 Å². The molecule has 1 N–H and O–H groups in total. The number of aryl methyl sites for hydroxylation is 3. The summed E-state index contributed by atoms with van der Waals surface area (Å²) in [4.78, 5) is 11.1. The predicted molar refractivity (Wildman–Crippen MR) is 68.4 cm³/mol. The lowest BCUT2D eigenvalue weighted by molar-refractivity contribution is -0.138. The summed E-state index contributed by atoms with van der Waals surface area (Å²) in [7, 11) is 1.96. The van der Waals surface area contributed by atoms with Crippen LogP contribution in [0.5, 0.6) is 0 Å². The highest BCUT2D eigenvalue weighted by Crippen LogP contribution is 2.30.